The Kier molecular flexibility index (Phi) is 7.79. The summed E-state index contributed by atoms with van der Waals surface area (Å²) in [6.45, 7) is 1.78. The van der Waals surface area contributed by atoms with Crippen molar-refractivity contribution in [2.24, 2.45) is 0 Å². The van der Waals surface area contributed by atoms with Crippen LogP contribution in [0.2, 0.25) is 0 Å². The number of nitrogens with zero attached hydrogens (tertiary/aromatic N) is 2. The fourth-order valence-corrected chi connectivity index (χ4v) is 4.81. The quantitative estimate of drug-likeness (QED) is 0.293. The summed E-state index contributed by atoms with van der Waals surface area (Å²) in [5, 5.41) is 8.54. The van der Waals surface area contributed by atoms with Crippen LogP contribution in [-0.4, -0.2) is 47.9 Å². The van der Waals surface area contributed by atoms with Gasteiger partial charge in [0, 0.05) is 36.0 Å². The molecule has 2 amide bonds. The van der Waals surface area contributed by atoms with Crippen LogP contribution in [0.15, 0.2) is 52.0 Å². The molecule has 2 fully saturated rings. The molecule has 3 N–H and O–H groups in total. The Hall–Kier alpha value is -3.93. The van der Waals surface area contributed by atoms with E-state index in [2.05, 4.69) is 36.9 Å². The number of carbonyl (C=O) groups is 2. The van der Waals surface area contributed by atoms with Crippen LogP contribution in [-0.2, 0) is 10.3 Å². The maximum atomic E-state index is 14.9. The number of para-hydroxylation sites is 1. The first kappa shape index (κ1) is 27.6. The monoisotopic (exact) mass is 613 g/mol. The topological polar surface area (TPSA) is 124 Å². The minimum atomic E-state index is -0.602. The van der Waals surface area contributed by atoms with E-state index in [1.165, 1.54) is 29.9 Å². The first-order valence-electron chi connectivity index (χ1n) is 13.0. The standard InChI is InChI=1S/C28H29BrFN5O5/c1-16-20(30)13-17(25(36)32-18-7-8-18)14-21(16)35-15-23(29)33-24(26(35)37)34-28(9-10-28)19-5-3-4-6-22(19)39-11-12-40-27(38)31-2/h3-6,13-15,18H,7-12H2,1-2H3,(H,31,38)(H,32,36)(H,33,34). The van der Waals surface area contributed by atoms with E-state index in [0.29, 0.717) is 10.4 Å². The van der Waals surface area contributed by atoms with E-state index in [-0.39, 0.29) is 47.8 Å². The second kappa shape index (κ2) is 11.3. The molecule has 1 heterocycles. The summed E-state index contributed by atoms with van der Waals surface area (Å²) in [6, 6.07) is 10.3. The lowest BCUT2D eigenvalue weighted by molar-refractivity contribution is 0.0950. The van der Waals surface area contributed by atoms with Crippen molar-refractivity contribution in [2.45, 2.75) is 44.2 Å². The number of nitrogens with one attached hydrogen (secondary N) is 3. The fourth-order valence-electron chi connectivity index (χ4n) is 4.42. The average molecular weight is 614 g/mol. The van der Waals surface area contributed by atoms with Gasteiger partial charge in [0.1, 0.15) is 29.4 Å². The summed E-state index contributed by atoms with van der Waals surface area (Å²) < 4.78 is 27.5. The molecule has 0 atom stereocenters. The molecule has 0 unspecified atom stereocenters. The first-order valence-corrected chi connectivity index (χ1v) is 13.8. The number of alkyl carbamates (subject to hydrolysis) is 1. The first-order chi connectivity index (χ1) is 19.2. The molecule has 0 aliphatic heterocycles. The Bertz CT molecular complexity index is 1520. The van der Waals surface area contributed by atoms with E-state index in [4.69, 9.17) is 9.47 Å². The van der Waals surface area contributed by atoms with Crippen molar-refractivity contribution in [1.29, 1.82) is 0 Å². The zero-order valence-corrected chi connectivity index (χ0v) is 23.6. The highest BCUT2D eigenvalue weighted by atomic mass is 79.9. The summed E-state index contributed by atoms with van der Waals surface area (Å²) in [6.07, 6.45) is 4.16. The average Bonchev–Trinajstić information content (AvgIpc) is 3.88. The highest BCUT2D eigenvalue weighted by Crippen LogP contribution is 2.50. The van der Waals surface area contributed by atoms with Crippen molar-refractivity contribution >= 4 is 33.7 Å². The van der Waals surface area contributed by atoms with E-state index < -0.39 is 23.0 Å². The molecule has 0 radical (unpaired) electrons. The highest BCUT2D eigenvalue weighted by molar-refractivity contribution is 9.10. The van der Waals surface area contributed by atoms with Gasteiger partial charge in [-0.05, 0) is 66.7 Å². The summed E-state index contributed by atoms with van der Waals surface area (Å²) >= 11 is 3.38. The molecule has 12 heteroatoms. The molecule has 10 nitrogen and oxygen atoms in total. The van der Waals surface area contributed by atoms with Gasteiger partial charge in [0.15, 0.2) is 5.82 Å². The Morgan fingerprint density at radius 2 is 1.95 bits per heavy atom. The van der Waals surface area contributed by atoms with Crippen molar-refractivity contribution in [3.8, 4) is 11.4 Å². The summed E-state index contributed by atoms with van der Waals surface area (Å²) in [7, 11) is 1.48. The number of anilines is 1. The number of hydrogen-bond donors (Lipinski definition) is 3. The van der Waals surface area contributed by atoms with Gasteiger partial charge in [-0.25, -0.2) is 14.2 Å². The number of carbonyl (C=O) groups excluding carboxylic acids is 2. The van der Waals surface area contributed by atoms with Gasteiger partial charge in [0.05, 0.1) is 11.2 Å². The largest absolute Gasteiger partial charge is 0.490 e. The fraction of sp³-hybridized carbons (Fsp3) is 0.357. The number of aromatic nitrogens is 2. The third-order valence-electron chi connectivity index (χ3n) is 6.92. The maximum absolute atomic E-state index is 14.9. The predicted molar refractivity (Wildman–Crippen MR) is 150 cm³/mol. The molecular formula is C28H29BrFN5O5. The molecule has 5 rings (SSSR count). The lowest BCUT2D eigenvalue weighted by atomic mass is 10.0. The second-order valence-electron chi connectivity index (χ2n) is 9.87. The van der Waals surface area contributed by atoms with Crippen molar-refractivity contribution in [1.82, 2.24) is 20.2 Å². The zero-order valence-electron chi connectivity index (χ0n) is 22.1. The van der Waals surface area contributed by atoms with Crippen LogP contribution in [0.1, 0.15) is 47.2 Å². The summed E-state index contributed by atoms with van der Waals surface area (Å²) in [5.41, 5.74) is 0.368. The van der Waals surface area contributed by atoms with Crippen molar-refractivity contribution in [2.75, 3.05) is 25.6 Å². The SMILES string of the molecule is CNC(=O)OCCOc1ccccc1C1(Nc2nc(Br)cn(-c3cc(C(=O)NC4CC4)cc(F)c3C)c2=O)CC1. The Morgan fingerprint density at radius 1 is 1.20 bits per heavy atom. The molecular weight excluding hydrogens is 585 g/mol. The number of benzene rings is 2. The number of hydrogen-bond acceptors (Lipinski definition) is 7. The molecule has 0 spiro atoms. The Labute approximate surface area is 238 Å². The van der Waals surface area contributed by atoms with E-state index in [0.717, 1.165) is 31.2 Å². The summed E-state index contributed by atoms with van der Waals surface area (Å²) in [4.78, 5) is 42.0. The molecule has 2 aliphatic carbocycles. The molecule has 40 heavy (non-hydrogen) atoms. The van der Waals surface area contributed by atoms with Gasteiger partial charge in [-0.1, -0.05) is 18.2 Å². The van der Waals surface area contributed by atoms with Crippen molar-refractivity contribution in [3.63, 3.8) is 0 Å². The lowest BCUT2D eigenvalue weighted by Gasteiger charge is -2.22. The minimum Gasteiger partial charge on any atom is -0.490 e. The number of rotatable bonds is 10. The van der Waals surface area contributed by atoms with Crippen molar-refractivity contribution in [3.05, 3.63) is 80.1 Å². The van der Waals surface area contributed by atoms with Gasteiger partial charge >= 0.3 is 6.09 Å². The number of halogens is 2. The normalized spacial score (nSPS) is 15.2. The van der Waals surface area contributed by atoms with E-state index in [9.17, 15) is 18.8 Å². The molecule has 2 aliphatic rings. The lowest BCUT2D eigenvalue weighted by Crippen LogP contribution is -2.30. The van der Waals surface area contributed by atoms with Crippen molar-refractivity contribution < 1.29 is 23.5 Å². The van der Waals surface area contributed by atoms with Gasteiger partial charge in [0.25, 0.3) is 11.5 Å². The van der Waals surface area contributed by atoms with Gasteiger partial charge in [-0.15, -0.1) is 0 Å². The molecule has 2 saturated carbocycles. The molecule has 0 saturated heterocycles. The van der Waals surface area contributed by atoms with E-state index in [1.54, 1.807) is 6.92 Å². The second-order valence-corrected chi connectivity index (χ2v) is 10.7. The van der Waals surface area contributed by atoms with Crippen LogP contribution in [0.4, 0.5) is 15.0 Å². The van der Waals surface area contributed by atoms with Crippen LogP contribution >= 0.6 is 15.9 Å². The van der Waals surface area contributed by atoms with Crippen LogP contribution in [0, 0.1) is 12.7 Å². The number of amides is 2. The molecule has 2 aromatic carbocycles. The van der Waals surface area contributed by atoms with Gasteiger partial charge in [-0.2, -0.15) is 0 Å². The molecule has 0 bridgehead atoms. The molecule has 3 aromatic rings. The van der Waals surface area contributed by atoms with Crippen LogP contribution in [0.25, 0.3) is 5.69 Å². The third kappa shape index (κ3) is 5.96. The minimum absolute atomic E-state index is 0.0669. The molecule has 210 valence electrons. The zero-order chi connectivity index (χ0) is 28.4. The van der Waals surface area contributed by atoms with E-state index >= 15 is 0 Å². The van der Waals surface area contributed by atoms with Crippen LogP contribution < -0.4 is 26.2 Å². The Morgan fingerprint density at radius 3 is 2.65 bits per heavy atom. The predicted octanol–water partition coefficient (Wildman–Crippen LogP) is 4.17. The van der Waals surface area contributed by atoms with Gasteiger partial charge < -0.3 is 25.4 Å². The summed E-state index contributed by atoms with van der Waals surface area (Å²) in [5.74, 6) is -0.303. The molecule has 1 aromatic heterocycles. The number of ether oxygens (including phenoxy) is 2. The van der Waals surface area contributed by atoms with Gasteiger partial charge in [0.2, 0.25) is 0 Å². The van der Waals surface area contributed by atoms with Gasteiger partial charge in [-0.3, -0.25) is 14.2 Å². The Balaban J connectivity index is 1.43. The van der Waals surface area contributed by atoms with Crippen LogP contribution in [0.5, 0.6) is 5.75 Å². The van der Waals surface area contributed by atoms with Crippen LogP contribution in [0.3, 0.4) is 0 Å². The highest BCUT2D eigenvalue weighted by Gasteiger charge is 2.47. The maximum Gasteiger partial charge on any atom is 0.406 e. The van der Waals surface area contributed by atoms with E-state index in [1.807, 2.05) is 24.3 Å². The smallest absolute Gasteiger partial charge is 0.406 e. The third-order valence-corrected chi connectivity index (χ3v) is 7.30.